The SMILES string of the molecule is O=[N+]([O-])c1ccccc1C(S)CO. The van der Waals surface area contributed by atoms with Crippen molar-refractivity contribution in [2.45, 2.75) is 5.25 Å². The van der Waals surface area contributed by atoms with Crippen molar-refractivity contribution < 1.29 is 10.0 Å². The monoisotopic (exact) mass is 199 g/mol. The molecule has 70 valence electrons. The van der Waals surface area contributed by atoms with E-state index in [1.54, 1.807) is 18.2 Å². The first-order valence-electron chi connectivity index (χ1n) is 3.69. The molecule has 1 rings (SSSR count). The third-order valence-electron chi connectivity index (χ3n) is 1.67. The molecule has 1 N–H and O–H groups in total. The molecule has 13 heavy (non-hydrogen) atoms. The van der Waals surface area contributed by atoms with Crippen LogP contribution < -0.4 is 0 Å². The molecule has 0 heterocycles. The van der Waals surface area contributed by atoms with Gasteiger partial charge >= 0.3 is 0 Å². The Bertz CT molecular complexity index is 316. The molecule has 1 aromatic carbocycles. The van der Waals surface area contributed by atoms with Crippen molar-refractivity contribution in [2.24, 2.45) is 0 Å². The maximum atomic E-state index is 10.5. The van der Waals surface area contributed by atoms with E-state index in [-0.39, 0.29) is 12.3 Å². The highest BCUT2D eigenvalue weighted by atomic mass is 32.1. The molecule has 0 aliphatic carbocycles. The normalized spacial score (nSPS) is 12.5. The van der Waals surface area contributed by atoms with E-state index in [0.717, 1.165) is 0 Å². The van der Waals surface area contributed by atoms with Crippen molar-refractivity contribution in [1.82, 2.24) is 0 Å². The van der Waals surface area contributed by atoms with E-state index in [1.807, 2.05) is 0 Å². The largest absolute Gasteiger partial charge is 0.395 e. The van der Waals surface area contributed by atoms with Gasteiger partial charge in [0.1, 0.15) is 0 Å². The standard InChI is InChI=1S/C8H9NO3S/c10-5-8(13)6-3-1-2-4-7(6)9(11)12/h1-4,8,10,13H,5H2. The van der Waals surface area contributed by atoms with Crippen molar-refractivity contribution in [3.63, 3.8) is 0 Å². The Balaban J connectivity index is 3.11. The molecule has 1 atom stereocenters. The predicted molar refractivity (Wildman–Crippen MR) is 51.9 cm³/mol. The molecule has 0 radical (unpaired) electrons. The number of hydrogen-bond donors (Lipinski definition) is 2. The number of aliphatic hydroxyl groups excluding tert-OH is 1. The van der Waals surface area contributed by atoms with E-state index in [2.05, 4.69) is 12.6 Å². The van der Waals surface area contributed by atoms with Gasteiger partial charge in [0.15, 0.2) is 0 Å². The molecular weight excluding hydrogens is 190 g/mol. The van der Waals surface area contributed by atoms with Crippen molar-refractivity contribution in [2.75, 3.05) is 6.61 Å². The number of aliphatic hydroxyl groups is 1. The van der Waals surface area contributed by atoms with Crippen LogP contribution in [0.5, 0.6) is 0 Å². The van der Waals surface area contributed by atoms with Crippen LogP contribution in [0.2, 0.25) is 0 Å². The zero-order valence-electron chi connectivity index (χ0n) is 6.75. The maximum absolute atomic E-state index is 10.5. The summed E-state index contributed by atoms with van der Waals surface area (Å²) in [7, 11) is 0. The lowest BCUT2D eigenvalue weighted by Crippen LogP contribution is -2.01. The Hall–Kier alpha value is -1.07. The van der Waals surface area contributed by atoms with Gasteiger partial charge in [0.2, 0.25) is 0 Å². The molecule has 0 fully saturated rings. The van der Waals surface area contributed by atoms with Crippen LogP contribution in [0, 0.1) is 10.1 Å². The summed E-state index contributed by atoms with van der Waals surface area (Å²) in [6.07, 6.45) is 0. The molecule has 0 spiro atoms. The minimum Gasteiger partial charge on any atom is -0.395 e. The fourth-order valence-corrected chi connectivity index (χ4v) is 1.25. The van der Waals surface area contributed by atoms with Gasteiger partial charge in [-0.2, -0.15) is 12.6 Å². The van der Waals surface area contributed by atoms with E-state index in [1.165, 1.54) is 6.07 Å². The first-order valence-corrected chi connectivity index (χ1v) is 4.20. The molecule has 0 saturated carbocycles. The third-order valence-corrected chi connectivity index (χ3v) is 2.11. The number of para-hydroxylation sites is 1. The second-order valence-corrected chi connectivity index (χ2v) is 3.14. The fourth-order valence-electron chi connectivity index (χ4n) is 1.03. The van der Waals surface area contributed by atoms with Crippen LogP contribution in [-0.2, 0) is 0 Å². The Kier molecular flexibility index (Phi) is 3.27. The van der Waals surface area contributed by atoms with Crippen LogP contribution in [0.1, 0.15) is 10.8 Å². The summed E-state index contributed by atoms with van der Waals surface area (Å²) in [5, 5.41) is 18.8. The molecule has 0 bridgehead atoms. The Morgan fingerprint density at radius 2 is 2.15 bits per heavy atom. The van der Waals surface area contributed by atoms with Crippen LogP contribution >= 0.6 is 12.6 Å². The molecule has 0 saturated heterocycles. The topological polar surface area (TPSA) is 63.4 Å². The Morgan fingerprint density at radius 1 is 1.54 bits per heavy atom. The number of nitrogens with zero attached hydrogens (tertiary/aromatic N) is 1. The van der Waals surface area contributed by atoms with Crippen molar-refractivity contribution in [1.29, 1.82) is 0 Å². The van der Waals surface area contributed by atoms with Gasteiger partial charge < -0.3 is 5.11 Å². The van der Waals surface area contributed by atoms with Gasteiger partial charge in [-0.15, -0.1) is 0 Å². The lowest BCUT2D eigenvalue weighted by molar-refractivity contribution is -0.385. The average molecular weight is 199 g/mol. The first kappa shape index (κ1) is 10.0. The fraction of sp³-hybridized carbons (Fsp3) is 0.250. The summed E-state index contributed by atoms with van der Waals surface area (Å²) in [6.45, 7) is -0.214. The third kappa shape index (κ3) is 2.19. The number of rotatable bonds is 3. The smallest absolute Gasteiger partial charge is 0.273 e. The van der Waals surface area contributed by atoms with Crippen LogP contribution in [-0.4, -0.2) is 16.6 Å². The molecule has 5 heteroatoms. The van der Waals surface area contributed by atoms with Crippen molar-refractivity contribution in [3.8, 4) is 0 Å². The van der Waals surface area contributed by atoms with Gasteiger partial charge in [-0.25, -0.2) is 0 Å². The van der Waals surface area contributed by atoms with E-state index in [9.17, 15) is 10.1 Å². The zero-order valence-corrected chi connectivity index (χ0v) is 7.65. The Morgan fingerprint density at radius 3 is 2.69 bits per heavy atom. The number of benzene rings is 1. The van der Waals surface area contributed by atoms with Gasteiger partial charge in [-0.1, -0.05) is 18.2 Å². The molecular formula is C8H9NO3S. The second-order valence-electron chi connectivity index (χ2n) is 2.51. The van der Waals surface area contributed by atoms with E-state index < -0.39 is 10.2 Å². The first-order chi connectivity index (χ1) is 6.16. The number of thiol groups is 1. The summed E-state index contributed by atoms with van der Waals surface area (Å²) in [4.78, 5) is 10.1. The highest BCUT2D eigenvalue weighted by molar-refractivity contribution is 7.80. The van der Waals surface area contributed by atoms with Crippen LogP contribution in [0.4, 0.5) is 5.69 Å². The molecule has 0 aliphatic rings. The van der Waals surface area contributed by atoms with E-state index in [0.29, 0.717) is 5.56 Å². The van der Waals surface area contributed by atoms with Crippen LogP contribution in [0.15, 0.2) is 24.3 Å². The summed E-state index contributed by atoms with van der Waals surface area (Å²) in [5.74, 6) is 0. The van der Waals surface area contributed by atoms with Gasteiger partial charge in [0.25, 0.3) is 5.69 Å². The molecule has 4 nitrogen and oxygen atoms in total. The average Bonchev–Trinajstić information content (AvgIpc) is 2.16. The van der Waals surface area contributed by atoms with Crippen LogP contribution in [0.25, 0.3) is 0 Å². The summed E-state index contributed by atoms with van der Waals surface area (Å²) >= 11 is 4.03. The number of hydrogen-bond acceptors (Lipinski definition) is 4. The van der Waals surface area contributed by atoms with Crippen LogP contribution in [0.3, 0.4) is 0 Å². The summed E-state index contributed by atoms with van der Waals surface area (Å²) in [6, 6.07) is 6.25. The van der Waals surface area contributed by atoms with Gasteiger partial charge in [0.05, 0.1) is 16.8 Å². The molecule has 0 aliphatic heterocycles. The van der Waals surface area contributed by atoms with Crippen molar-refractivity contribution >= 4 is 18.3 Å². The maximum Gasteiger partial charge on any atom is 0.273 e. The summed E-state index contributed by atoms with van der Waals surface area (Å²) < 4.78 is 0. The lowest BCUT2D eigenvalue weighted by atomic mass is 10.1. The highest BCUT2D eigenvalue weighted by Crippen LogP contribution is 2.28. The lowest BCUT2D eigenvalue weighted by Gasteiger charge is -2.06. The minimum atomic E-state index is -0.499. The van der Waals surface area contributed by atoms with E-state index in [4.69, 9.17) is 5.11 Å². The Labute approximate surface area is 80.8 Å². The molecule has 0 aromatic heterocycles. The van der Waals surface area contributed by atoms with Crippen molar-refractivity contribution in [3.05, 3.63) is 39.9 Å². The second kappa shape index (κ2) is 4.25. The van der Waals surface area contributed by atoms with Gasteiger partial charge in [-0.05, 0) is 0 Å². The quantitative estimate of drug-likeness (QED) is 0.441. The number of nitro benzene ring substituents is 1. The molecule has 1 aromatic rings. The van der Waals surface area contributed by atoms with Gasteiger partial charge in [-0.3, -0.25) is 10.1 Å². The summed E-state index contributed by atoms with van der Waals surface area (Å²) in [5.41, 5.74) is 0.440. The minimum absolute atomic E-state index is 0.00319. The number of nitro groups is 1. The van der Waals surface area contributed by atoms with E-state index >= 15 is 0 Å². The zero-order chi connectivity index (χ0) is 9.84. The molecule has 1 unspecified atom stereocenters. The predicted octanol–water partition coefficient (Wildman–Crippen LogP) is 1.56. The molecule has 0 amide bonds. The van der Waals surface area contributed by atoms with Gasteiger partial charge in [0, 0.05) is 11.6 Å². The highest BCUT2D eigenvalue weighted by Gasteiger charge is 2.17.